The molecular formula is C23H26N4O5S. The van der Waals surface area contributed by atoms with Crippen molar-refractivity contribution in [3.8, 4) is 17.0 Å². The van der Waals surface area contributed by atoms with Crippen molar-refractivity contribution in [2.24, 2.45) is 0 Å². The smallest absolute Gasteiger partial charge is 0.269 e. The third-order valence-corrected chi connectivity index (χ3v) is 7.44. The van der Waals surface area contributed by atoms with Crippen molar-refractivity contribution in [1.29, 1.82) is 0 Å². The molecule has 1 atom stereocenters. The summed E-state index contributed by atoms with van der Waals surface area (Å²) in [6.45, 7) is 3.15. The van der Waals surface area contributed by atoms with Crippen molar-refractivity contribution in [2.75, 3.05) is 33.4 Å². The molecule has 2 heterocycles. The molecule has 3 aromatic rings. The van der Waals surface area contributed by atoms with Crippen molar-refractivity contribution in [3.05, 3.63) is 65.9 Å². The van der Waals surface area contributed by atoms with Crippen molar-refractivity contribution in [3.63, 3.8) is 0 Å². The number of carbonyl (C=O) groups is 1. The summed E-state index contributed by atoms with van der Waals surface area (Å²) < 4.78 is 38.4. The standard InChI is InChI=1S/C23H26N4O5S/c1-16(17-6-4-3-5-7-17)24-23(28)20-15-19(25-26-20)18-8-9-21(31-2)22(14-18)33(29,30)27-10-12-32-13-11-27/h3-9,14-16H,10-13H2,1-2H3,(H,24,28)(H,25,26). The number of morpholine rings is 1. The third-order valence-electron chi connectivity index (χ3n) is 5.52. The number of carbonyl (C=O) groups excluding carboxylic acids is 1. The highest BCUT2D eigenvalue weighted by Crippen LogP contribution is 2.32. The molecule has 0 bridgehead atoms. The predicted molar refractivity (Wildman–Crippen MR) is 122 cm³/mol. The van der Waals surface area contributed by atoms with E-state index in [1.54, 1.807) is 18.2 Å². The van der Waals surface area contributed by atoms with Gasteiger partial charge in [0, 0.05) is 18.7 Å². The van der Waals surface area contributed by atoms with Crippen LogP contribution in [0.2, 0.25) is 0 Å². The molecule has 10 heteroatoms. The number of hydrogen-bond acceptors (Lipinski definition) is 6. The van der Waals surface area contributed by atoms with E-state index < -0.39 is 10.0 Å². The Hall–Kier alpha value is -3.21. The number of hydrogen-bond donors (Lipinski definition) is 2. The maximum Gasteiger partial charge on any atom is 0.269 e. The molecule has 0 aliphatic carbocycles. The lowest BCUT2D eigenvalue weighted by Gasteiger charge is -2.26. The van der Waals surface area contributed by atoms with Gasteiger partial charge in [0.1, 0.15) is 16.3 Å². The summed E-state index contributed by atoms with van der Waals surface area (Å²) in [6, 6.07) is 15.9. The number of sulfonamides is 1. The average Bonchev–Trinajstić information content (AvgIpc) is 3.35. The zero-order chi connectivity index (χ0) is 23.4. The second-order valence-corrected chi connectivity index (χ2v) is 9.56. The fourth-order valence-electron chi connectivity index (χ4n) is 3.65. The molecule has 174 valence electrons. The number of methoxy groups -OCH3 is 1. The molecule has 2 aromatic carbocycles. The number of H-pyrrole nitrogens is 1. The largest absolute Gasteiger partial charge is 0.495 e. The summed E-state index contributed by atoms with van der Waals surface area (Å²) in [4.78, 5) is 12.7. The van der Waals surface area contributed by atoms with Crippen LogP contribution in [0.1, 0.15) is 29.0 Å². The maximum atomic E-state index is 13.2. The Balaban J connectivity index is 1.58. The van der Waals surface area contributed by atoms with Crippen LogP contribution in [0.15, 0.2) is 59.5 Å². The van der Waals surface area contributed by atoms with Gasteiger partial charge in [-0.05, 0) is 36.8 Å². The summed E-state index contributed by atoms with van der Waals surface area (Å²) in [5.41, 5.74) is 2.27. The van der Waals surface area contributed by atoms with Gasteiger partial charge >= 0.3 is 0 Å². The summed E-state index contributed by atoms with van der Waals surface area (Å²) in [7, 11) is -2.35. The summed E-state index contributed by atoms with van der Waals surface area (Å²) in [6.07, 6.45) is 0. The number of nitrogens with one attached hydrogen (secondary N) is 2. The SMILES string of the molecule is COc1ccc(-c2cc(C(=O)NC(C)c3ccccc3)[nH]n2)cc1S(=O)(=O)N1CCOCC1. The van der Waals surface area contributed by atoms with Gasteiger partial charge in [0.05, 0.1) is 32.1 Å². The fraction of sp³-hybridized carbons (Fsp3) is 0.304. The Morgan fingerprint density at radius 1 is 1.15 bits per heavy atom. The van der Waals surface area contributed by atoms with E-state index in [4.69, 9.17) is 9.47 Å². The molecule has 0 saturated carbocycles. The summed E-state index contributed by atoms with van der Waals surface area (Å²) in [5.74, 6) is -0.0600. The van der Waals surface area contributed by atoms with E-state index >= 15 is 0 Å². The molecule has 0 spiro atoms. The summed E-state index contributed by atoms with van der Waals surface area (Å²) >= 11 is 0. The number of ether oxygens (including phenoxy) is 2. The number of rotatable bonds is 7. The Bertz CT molecular complexity index is 1220. The van der Waals surface area contributed by atoms with E-state index in [0.717, 1.165) is 5.56 Å². The first kappa shape index (κ1) is 23.0. The van der Waals surface area contributed by atoms with Crippen LogP contribution in [-0.4, -0.2) is 62.2 Å². The van der Waals surface area contributed by atoms with Crippen LogP contribution in [0.25, 0.3) is 11.3 Å². The molecule has 1 saturated heterocycles. The Labute approximate surface area is 192 Å². The molecule has 1 aliphatic rings. The number of aromatic nitrogens is 2. The molecule has 2 N–H and O–H groups in total. The van der Waals surface area contributed by atoms with Gasteiger partial charge in [-0.25, -0.2) is 8.42 Å². The van der Waals surface area contributed by atoms with Crippen molar-refractivity contribution >= 4 is 15.9 Å². The first-order valence-electron chi connectivity index (χ1n) is 10.6. The van der Waals surface area contributed by atoms with Crippen LogP contribution in [0, 0.1) is 0 Å². The van der Waals surface area contributed by atoms with Crippen molar-refractivity contribution < 1.29 is 22.7 Å². The van der Waals surface area contributed by atoms with E-state index in [-0.39, 0.29) is 41.4 Å². The number of nitrogens with zero attached hydrogens (tertiary/aromatic N) is 2. The van der Waals surface area contributed by atoms with Crippen LogP contribution < -0.4 is 10.1 Å². The van der Waals surface area contributed by atoms with Gasteiger partial charge in [0.15, 0.2) is 0 Å². The molecule has 0 radical (unpaired) electrons. The fourth-order valence-corrected chi connectivity index (χ4v) is 5.24. The maximum absolute atomic E-state index is 13.2. The molecule has 1 amide bonds. The van der Waals surface area contributed by atoms with E-state index in [2.05, 4.69) is 15.5 Å². The normalized spacial score (nSPS) is 15.7. The molecule has 1 fully saturated rings. The number of amides is 1. The van der Waals surface area contributed by atoms with Gasteiger partial charge in [-0.15, -0.1) is 0 Å². The van der Waals surface area contributed by atoms with Gasteiger partial charge in [-0.1, -0.05) is 30.3 Å². The molecule has 1 aliphatic heterocycles. The van der Waals surface area contributed by atoms with Crippen LogP contribution in [0.5, 0.6) is 5.75 Å². The highest BCUT2D eigenvalue weighted by Gasteiger charge is 2.30. The monoisotopic (exact) mass is 470 g/mol. The molecule has 1 unspecified atom stereocenters. The van der Waals surface area contributed by atoms with Crippen LogP contribution in [0.4, 0.5) is 0 Å². The van der Waals surface area contributed by atoms with Crippen LogP contribution >= 0.6 is 0 Å². The predicted octanol–water partition coefficient (Wildman–Crippen LogP) is 2.60. The van der Waals surface area contributed by atoms with Gasteiger partial charge in [-0.2, -0.15) is 9.40 Å². The first-order valence-corrected chi connectivity index (χ1v) is 12.0. The number of benzene rings is 2. The van der Waals surface area contributed by atoms with Crippen LogP contribution in [-0.2, 0) is 14.8 Å². The second-order valence-electron chi connectivity index (χ2n) is 7.65. The molecular weight excluding hydrogens is 444 g/mol. The van der Waals surface area contributed by atoms with E-state index in [0.29, 0.717) is 24.5 Å². The molecule has 9 nitrogen and oxygen atoms in total. The lowest BCUT2D eigenvalue weighted by atomic mass is 10.1. The van der Waals surface area contributed by atoms with Gasteiger partial charge in [0.25, 0.3) is 5.91 Å². The van der Waals surface area contributed by atoms with Crippen LogP contribution in [0.3, 0.4) is 0 Å². The minimum atomic E-state index is -3.78. The highest BCUT2D eigenvalue weighted by molar-refractivity contribution is 7.89. The van der Waals surface area contributed by atoms with Crippen molar-refractivity contribution in [2.45, 2.75) is 17.9 Å². The molecule has 1 aromatic heterocycles. The van der Waals surface area contributed by atoms with Gasteiger partial charge in [0.2, 0.25) is 10.0 Å². The minimum absolute atomic E-state index is 0.0519. The Morgan fingerprint density at radius 2 is 1.88 bits per heavy atom. The van der Waals surface area contributed by atoms with E-state index in [1.165, 1.54) is 17.5 Å². The quantitative estimate of drug-likeness (QED) is 0.549. The van der Waals surface area contributed by atoms with E-state index in [1.807, 2.05) is 37.3 Å². The lowest BCUT2D eigenvalue weighted by molar-refractivity contribution is 0.0729. The molecule has 4 rings (SSSR count). The third kappa shape index (κ3) is 4.92. The lowest BCUT2D eigenvalue weighted by Crippen LogP contribution is -2.40. The summed E-state index contributed by atoms with van der Waals surface area (Å²) in [5, 5.41) is 9.89. The van der Waals surface area contributed by atoms with E-state index in [9.17, 15) is 13.2 Å². The average molecular weight is 471 g/mol. The topological polar surface area (TPSA) is 114 Å². The Kier molecular flexibility index (Phi) is 6.77. The molecule has 33 heavy (non-hydrogen) atoms. The first-order chi connectivity index (χ1) is 15.9. The second kappa shape index (κ2) is 9.74. The van der Waals surface area contributed by atoms with Crippen molar-refractivity contribution in [1.82, 2.24) is 19.8 Å². The zero-order valence-electron chi connectivity index (χ0n) is 18.4. The Morgan fingerprint density at radius 3 is 2.58 bits per heavy atom. The van der Waals surface area contributed by atoms with Gasteiger partial charge < -0.3 is 14.8 Å². The number of aromatic amines is 1. The zero-order valence-corrected chi connectivity index (χ0v) is 19.3. The highest BCUT2D eigenvalue weighted by atomic mass is 32.2. The minimum Gasteiger partial charge on any atom is -0.495 e. The van der Waals surface area contributed by atoms with Gasteiger partial charge in [-0.3, -0.25) is 9.89 Å².